The predicted octanol–water partition coefficient (Wildman–Crippen LogP) is 1.75. The second-order valence-electron chi connectivity index (χ2n) is 4.83. The second-order valence-corrected chi connectivity index (χ2v) is 4.83. The lowest BCUT2D eigenvalue weighted by Gasteiger charge is -2.08. The van der Waals surface area contributed by atoms with Crippen LogP contribution in [0.25, 0.3) is 0 Å². The van der Waals surface area contributed by atoms with Gasteiger partial charge >= 0.3 is 5.97 Å². The highest BCUT2D eigenvalue weighted by atomic mass is 16.5. The fourth-order valence-electron chi connectivity index (χ4n) is 2.10. The number of carboxylic acid groups (broad SMARTS) is 1. The molecule has 1 heterocycles. The Morgan fingerprint density at radius 1 is 1.36 bits per heavy atom. The molecule has 2 N–H and O–H groups in total. The van der Waals surface area contributed by atoms with Crippen LogP contribution in [0, 0.1) is 13.8 Å². The first kappa shape index (κ1) is 15.6. The summed E-state index contributed by atoms with van der Waals surface area (Å²) in [5.74, 6) is -0.950. The van der Waals surface area contributed by atoms with Gasteiger partial charge in [0.25, 0.3) is 5.91 Å². The summed E-state index contributed by atoms with van der Waals surface area (Å²) in [4.78, 5) is 22.8. The van der Waals surface area contributed by atoms with Crippen molar-refractivity contribution in [3.05, 3.63) is 41.2 Å². The maximum Gasteiger partial charge on any atom is 0.341 e. The van der Waals surface area contributed by atoms with Gasteiger partial charge in [0, 0.05) is 24.5 Å². The highest BCUT2D eigenvalue weighted by Gasteiger charge is 2.17. The molecule has 0 fully saturated rings. The molecule has 0 bridgehead atoms. The van der Waals surface area contributed by atoms with Crippen LogP contribution in [0.4, 0.5) is 5.69 Å². The van der Waals surface area contributed by atoms with E-state index in [0.717, 1.165) is 5.69 Å². The van der Waals surface area contributed by atoms with Crippen molar-refractivity contribution in [2.24, 2.45) is 7.05 Å². The van der Waals surface area contributed by atoms with Gasteiger partial charge in [-0.3, -0.25) is 9.48 Å². The number of nitrogens with one attached hydrogen (secondary N) is 1. The third-order valence-corrected chi connectivity index (χ3v) is 3.19. The Morgan fingerprint density at radius 2 is 2.09 bits per heavy atom. The predicted molar refractivity (Wildman–Crippen MR) is 80.2 cm³/mol. The van der Waals surface area contributed by atoms with Gasteiger partial charge in [-0.25, -0.2) is 4.79 Å². The molecule has 1 aromatic heterocycles. The van der Waals surface area contributed by atoms with Crippen LogP contribution < -0.4 is 10.1 Å². The molecule has 7 nitrogen and oxygen atoms in total. The molecule has 0 atom stereocenters. The number of anilines is 1. The normalized spacial score (nSPS) is 10.3. The molecule has 0 aliphatic rings. The van der Waals surface area contributed by atoms with Crippen molar-refractivity contribution < 1.29 is 19.4 Å². The van der Waals surface area contributed by atoms with E-state index in [9.17, 15) is 9.59 Å². The zero-order chi connectivity index (χ0) is 16.3. The van der Waals surface area contributed by atoms with Crippen LogP contribution in [0.1, 0.15) is 21.7 Å². The maximum absolute atomic E-state index is 12.3. The number of aliphatic carboxylic acids is 1. The molecule has 0 spiro atoms. The Bertz CT molecular complexity index is 722. The average molecular weight is 303 g/mol. The zero-order valence-electron chi connectivity index (χ0n) is 12.6. The third kappa shape index (κ3) is 3.43. The molecule has 0 aliphatic carbocycles. The molecular formula is C15H17N3O4. The molecule has 0 unspecified atom stereocenters. The first-order valence-electron chi connectivity index (χ1n) is 6.64. The van der Waals surface area contributed by atoms with E-state index < -0.39 is 12.6 Å². The third-order valence-electron chi connectivity index (χ3n) is 3.19. The summed E-state index contributed by atoms with van der Waals surface area (Å²) in [6.07, 6.45) is 0. The lowest BCUT2D eigenvalue weighted by Crippen LogP contribution is -2.14. The van der Waals surface area contributed by atoms with Gasteiger partial charge in [-0.2, -0.15) is 5.10 Å². The quantitative estimate of drug-likeness (QED) is 0.877. The summed E-state index contributed by atoms with van der Waals surface area (Å²) in [5, 5.41) is 15.6. The standard InChI is InChI=1S/C15H17N3O4/c1-9-14(10(2)18(3)17-9)15(21)16-11-5-4-6-12(7-11)22-8-13(19)20/h4-7H,8H2,1-3H3,(H,16,21)(H,19,20). The van der Waals surface area contributed by atoms with Gasteiger partial charge < -0.3 is 15.2 Å². The van der Waals surface area contributed by atoms with Crippen molar-refractivity contribution in [2.45, 2.75) is 13.8 Å². The van der Waals surface area contributed by atoms with E-state index in [1.807, 2.05) is 6.92 Å². The fourth-order valence-corrected chi connectivity index (χ4v) is 2.10. The van der Waals surface area contributed by atoms with Crippen molar-refractivity contribution in [3.8, 4) is 5.75 Å². The molecule has 0 saturated carbocycles. The van der Waals surface area contributed by atoms with Gasteiger partial charge in [0.1, 0.15) is 5.75 Å². The number of hydrogen-bond acceptors (Lipinski definition) is 4. The lowest BCUT2D eigenvalue weighted by molar-refractivity contribution is -0.139. The van der Waals surface area contributed by atoms with Crippen molar-refractivity contribution in [3.63, 3.8) is 0 Å². The molecule has 1 amide bonds. The van der Waals surface area contributed by atoms with Gasteiger partial charge in [-0.1, -0.05) is 6.07 Å². The number of rotatable bonds is 5. The second kappa shape index (κ2) is 6.30. The fraction of sp³-hybridized carbons (Fsp3) is 0.267. The number of hydrogen-bond donors (Lipinski definition) is 2. The molecular weight excluding hydrogens is 286 g/mol. The SMILES string of the molecule is Cc1nn(C)c(C)c1C(=O)Nc1cccc(OCC(=O)O)c1. The Morgan fingerprint density at radius 3 is 2.68 bits per heavy atom. The minimum absolute atomic E-state index is 0.265. The number of carbonyl (C=O) groups is 2. The van der Waals surface area contributed by atoms with Crippen LogP contribution >= 0.6 is 0 Å². The summed E-state index contributed by atoms with van der Waals surface area (Å²) >= 11 is 0. The van der Waals surface area contributed by atoms with Crippen molar-refractivity contribution in [2.75, 3.05) is 11.9 Å². The molecule has 0 saturated heterocycles. The van der Waals surface area contributed by atoms with Gasteiger partial charge in [0.2, 0.25) is 0 Å². The highest BCUT2D eigenvalue weighted by molar-refractivity contribution is 6.05. The number of nitrogens with zero attached hydrogens (tertiary/aromatic N) is 2. The molecule has 0 radical (unpaired) electrons. The molecule has 116 valence electrons. The smallest absolute Gasteiger partial charge is 0.341 e. The van der Waals surface area contributed by atoms with Crippen molar-refractivity contribution >= 4 is 17.6 Å². The van der Waals surface area contributed by atoms with Crippen LogP contribution in [-0.4, -0.2) is 33.4 Å². The number of carbonyl (C=O) groups excluding carboxylic acids is 1. The van der Waals surface area contributed by atoms with Crippen LogP contribution in [0.15, 0.2) is 24.3 Å². The maximum atomic E-state index is 12.3. The van der Waals surface area contributed by atoms with Crippen molar-refractivity contribution in [1.82, 2.24) is 9.78 Å². The minimum Gasteiger partial charge on any atom is -0.482 e. The molecule has 22 heavy (non-hydrogen) atoms. The topological polar surface area (TPSA) is 93.5 Å². The van der Waals surface area contributed by atoms with E-state index in [-0.39, 0.29) is 5.91 Å². The Kier molecular flexibility index (Phi) is 4.45. The molecule has 2 aromatic rings. The first-order chi connectivity index (χ1) is 10.4. The number of amides is 1. The Labute approximate surface area is 127 Å². The minimum atomic E-state index is -1.06. The zero-order valence-corrected chi connectivity index (χ0v) is 12.6. The van der Waals surface area contributed by atoms with E-state index in [1.54, 1.807) is 42.9 Å². The first-order valence-corrected chi connectivity index (χ1v) is 6.64. The van der Waals surface area contributed by atoms with Crippen LogP contribution in [0.2, 0.25) is 0 Å². The number of benzene rings is 1. The number of carboxylic acids is 1. The van der Waals surface area contributed by atoms with Gasteiger partial charge in [-0.15, -0.1) is 0 Å². The Balaban J connectivity index is 2.15. The number of ether oxygens (including phenoxy) is 1. The van der Waals surface area contributed by atoms with Crippen LogP contribution in [0.5, 0.6) is 5.75 Å². The molecule has 7 heteroatoms. The number of aromatic nitrogens is 2. The largest absolute Gasteiger partial charge is 0.482 e. The summed E-state index contributed by atoms with van der Waals surface area (Å²) in [6.45, 7) is 3.16. The van der Waals surface area contributed by atoms with Gasteiger partial charge in [-0.05, 0) is 26.0 Å². The average Bonchev–Trinajstić information content (AvgIpc) is 2.70. The summed E-state index contributed by atoms with van der Waals surface area (Å²) in [6, 6.07) is 6.57. The molecule has 0 aliphatic heterocycles. The van der Waals surface area contributed by atoms with E-state index in [2.05, 4.69) is 10.4 Å². The van der Waals surface area contributed by atoms with E-state index in [1.165, 1.54) is 0 Å². The number of aryl methyl sites for hydroxylation is 2. The summed E-state index contributed by atoms with van der Waals surface area (Å²) in [7, 11) is 1.78. The molecule has 2 rings (SSSR count). The molecule has 1 aromatic carbocycles. The van der Waals surface area contributed by atoms with Crippen LogP contribution in [-0.2, 0) is 11.8 Å². The van der Waals surface area contributed by atoms with Gasteiger partial charge in [0.05, 0.1) is 11.3 Å². The van der Waals surface area contributed by atoms with Crippen LogP contribution in [0.3, 0.4) is 0 Å². The van der Waals surface area contributed by atoms with E-state index in [4.69, 9.17) is 9.84 Å². The van der Waals surface area contributed by atoms with E-state index in [0.29, 0.717) is 22.7 Å². The summed E-state index contributed by atoms with van der Waals surface area (Å²) in [5.41, 5.74) is 2.47. The monoisotopic (exact) mass is 303 g/mol. The highest BCUT2D eigenvalue weighted by Crippen LogP contribution is 2.19. The Hall–Kier alpha value is -2.83. The lowest BCUT2D eigenvalue weighted by atomic mass is 10.2. The summed E-state index contributed by atoms with van der Waals surface area (Å²) < 4.78 is 6.73. The van der Waals surface area contributed by atoms with Gasteiger partial charge in [0.15, 0.2) is 6.61 Å². The van der Waals surface area contributed by atoms with Crippen molar-refractivity contribution in [1.29, 1.82) is 0 Å². The van der Waals surface area contributed by atoms with E-state index >= 15 is 0 Å².